The number of anilines is 1. The lowest BCUT2D eigenvalue weighted by atomic mass is 9.96. The van der Waals surface area contributed by atoms with Crippen LogP contribution in [-0.4, -0.2) is 36.3 Å². The number of alkyl halides is 3. The lowest BCUT2D eigenvalue weighted by molar-refractivity contribution is -0.274. The third kappa shape index (κ3) is 5.73. The summed E-state index contributed by atoms with van der Waals surface area (Å²) in [5, 5.41) is 2.77. The van der Waals surface area contributed by atoms with Crippen LogP contribution in [0.15, 0.2) is 35.1 Å². The molecule has 0 aliphatic rings. The Morgan fingerprint density at radius 2 is 1.82 bits per heavy atom. The van der Waals surface area contributed by atoms with Crippen molar-refractivity contribution in [2.75, 3.05) is 19.0 Å². The number of carbonyl (C=O) groups excluding carboxylic acids is 1. The van der Waals surface area contributed by atoms with Gasteiger partial charge in [-0.2, -0.15) is 0 Å². The van der Waals surface area contributed by atoms with Crippen molar-refractivity contribution >= 4 is 11.9 Å². The molecule has 2 aromatic rings. The van der Waals surface area contributed by atoms with Crippen molar-refractivity contribution in [1.82, 2.24) is 15.3 Å². The van der Waals surface area contributed by atoms with Crippen molar-refractivity contribution in [3.8, 4) is 5.75 Å². The molecule has 0 spiro atoms. The molecule has 2 rings (SSSR count). The fourth-order valence-corrected chi connectivity index (χ4v) is 2.50. The highest BCUT2D eigenvalue weighted by atomic mass is 19.4. The third-order valence-electron chi connectivity index (χ3n) is 3.81. The molecule has 2 N–H and O–H groups in total. The van der Waals surface area contributed by atoms with Crippen LogP contribution in [0.1, 0.15) is 35.9 Å². The molecule has 0 radical (unpaired) electrons. The fourth-order valence-electron chi connectivity index (χ4n) is 2.50. The molecular weight excluding hydrogens is 377 g/mol. The molecule has 0 aliphatic carbocycles. The zero-order valence-electron chi connectivity index (χ0n) is 15.8. The maximum atomic E-state index is 12.6. The van der Waals surface area contributed by atoms with Crippen LogP contribution < -0.4 is 20.5 Å². The number of nitrogens with zero attached hydrogens (tertiary/aromatic N) is 2. The summed E-state index contributed by atoms with van der Waals surface area (Å²) in [6.45, 7) is 3.70. The molecule has 1 amide bonds. The van der Waals surface area contributed by atoms with E-state index in [4.69, 9.17) is 0 Å². The van der Waals surface area contributed by atoms with Gasteiger partial charge in [-0.3, -0.25) is 14.6 Å². The predicted octanol–water partition coefficient (Wildman–Crippen LogP) is 2.86. The number of H-pyrrole nitrogens is 1. The summed E-state index contributed by atoms with van der Waals surface area (Å²) in [5.41, 5.74) is 0.0595. The number of ether oxygens (including phenoxy) is 1. The fraction of sp³-hybridized carbons (Fsp3) is 0.389. The van der Waals surface area contributed by atoms with Gasteiger partial charge in [-0.25, -0.2) is 4.98 Å². The van der Waals surface area contributed by atoms with Crippen molar-refractivity contribution < 1.29 is 22.7 Å². The van der Waals surface area contributed by atoms with Gasteiger partial charge in [-0.05, 0) is 23.6 Å². The van der Waals surface area contributed by atoms with E-state index in [-0.39, 0.29) is 23.3 Å². The van der Waals surface area contributed by atoms with Gasteiger partial charge in [0.2, 0.25) is 5.95 Å². The van der Waals surface area contributed by atoms with Crippen LogP contribution in [0, 0.1) is 5.92 Å². The van der Waals surface area contributed by atoms with E-state index < -0.39 is 23.9 Å². The molecule has 0 bridgehead atoms. The summed E-state index contributed by atoms with van der Waals surface area (Å²) in [6, 6.07) is 5.83. The van der Waals surface area contributed by atoms with Gasteiger partial charge in [0, 0.05) is 20.2 Å². The predicted molar refractivity (Wildman–Crippen MR) is 97.4 cm³/mol. The van der Waals surface area contributed by atoms with Crippen LogP contribution in [-0.2, 0) is 0 Å². The van der Waals surface area contributed by atoms with E-state index in [0.717, 1.165) is 6.07 Å². The van der Waals surface area contributed by atoms with Crippen molar-refractivity contribution in [3.63, 3.8) is 0 Å². The van der Waals surface area contributed by atoms with Crippen molar-refractivity contribution in [1.29, 1.82) is 0 Å². The molecule has 0 saturated heterocycles. The van der Waals surface area contributed by atoms with Gasteiger partial charge >= 0.3 is 6.36 Å². The molecule has 1 heterocycles. The number of rotatable bonds is 6. The van der Waals surface area contributed by atoms with Crippen LogP contribution in [0.2, 0.25) is 0 Å². The standard InChI is InChI=1S/C18H21F3N4O3/c1-10(2)15(11-5-7-12(8-6-11)28-18(19,20)21)24-16(27)13-9-14(26)23-17(22-13)25(3)4/h5-10,15H,1-4H3,(H,24,27)(H,22,23,26)/t15-/m1/s1. The summed E-state index contributed by atoms with van der Waals surface area (Å²) in [7, 11) is 3.34. The van der Waals surface area contributed by atoms with Crippen LogP contribution in [0.3, 0.4) is 0 Å². The quantitative estimate of drug-likeness (QED) is 0.781. The molecule has 152 valence electrons. The highest BCUT2D eigenvalue weighted by Gasteiger charge is 2.31. The minimum atomic E-state index is -4.77. The van der Waals surface area contributed by atoms with E-state index in [1.165, 1.54) is 24.3 Å². The average molecular weight is 398 g/mol. The van der Waals surface area contributed by atoms with Crippen LogP contribution in [0.5, 0.6) is 5.75 Å². The molecule has 10 heteroatoms. The molecule has 1 atom stereocenters. The molecule has 0 unspecified atom stereocenters. The van der Waals surface area contributed by atoms with Gasteiger partial charge in [-0.15, -0.1) is 13.2 Å². The first kappa shape index (κ1) is 21.3. The SMILES string of the molecule is CC(C)[C@@H](NC(=O)c1cc(=O)[nH]c(N(C)C)n1)c1ccc(OC(F)(F)F)cc1. The van der Waals surface area contributed by atoms with Gasteiger partial charge < -0.3 is 15.0 Å². The number of aromatic nitrogens is 2. The normalized spacial score (nSPS) is 12.6. The lowest BCUT2D eigenvalue weighted by Gasteiger charge is -2.23. The number of nitrogens with one attached hydrogen (secondary N) is 2. The number of hydrogen-bond donors (Lipinski definition) is 2. The number of hydrogen-bond acceptors (Lipinski definition) is 5. The smallest absolute Gasteiger partial charge is 0.406 e. The monoisotopic (exact) mass is 398 g/mol. The molecule has 0 saturated carbocycles. The van der Waals surface area contributed by atoms with E-state index in [9.17, 15) is 22.8 Å². The minimum Gasteiger partial charge on any atom is -0.406 e. The van der Waals surface area contributed by atoms with Crippen LogP contribution in [0.25, 0.3) is 0 Å². The summed E-state index contributed by atoms with van der Waals surface area (Å²) >= 11 is 0. The largest absolute Gasteiger partial charge is 0.573 e. The third-order valence-corrected chi connectivity index (χ3v) is 3.81. The van der Waals surface area contributed by atoms with E-state index in [2.05, 4.69) is 20.0 Å². The van der Waals surface area contributed by atoms with Crippen molar-refractivity contribution in [2.24, 2.45) is 5.92 Å². The average Bonchev–Trinajstić information content (AvgIpc) is 2.58. The lowest BCUT2D eigenvalue weighted by Crippen LogP contribution is -2.33. The second-order valence-electron chi connectivity index (χ2n) is 6.66. The zero-order valence-corrected chi connectivity index (χ0v) is 15.8. The molecule has 1 aromatic carbocycles. The van der Waals surface area contributed by atoms with Crippen LogP contribution >= 0.6 is 0 Å². The Morgan fingerprint density at radius 3 is 2.32 bits per heavy atom. The summed E-state index contributed by atoms with van der Waals surface area (Å²) in [5.74, 6) is -0.762. The topological polar surface area (TPSA) is 87.3 Å². The zero-order chi connectivity index (χ0) is 21.1. The second-order valence-corrected chi connectivity index (χ2v) is 6.66. The Labute approximate surface area is 159 Å². The number of carbonyl (C=O) groups is 1. The Kier molecular flexibility index (Phi) is 6.32. The van der Waals surface area contributed by atoms with E-state index in [0.29, 0.717) is 5.56 Å². The first-order chi connectivity index (χ1) is 13.0. The maximum Gasteiger partial charge on any atom is 0.573 e. The number of halogens is 3. The van der Waals surface area contributed by atoms with E-state index >= 15 is 0 Å². The Hall–Kier alpha value is -3.04. The first-order valence-electron chi connectivity index (χ1n) is 8.41. The Balaban J connectivity index is 2.23. The van der Waals surface area contributed by atoms with Gasteiger partial charge in [0.1, 0.15) is 11.4 Å². The van der Waals surface area contributed by atoms with Gasteiger partial charge in [0.05, 0.1) is 6.04 Å². The number of amides is 1. The van der Waals surface area contributed by atoms with Crippen molar-refractivity contribution in [3.05, 3.63) is 51.9 Å². The summed E-state index contributed by atoms with van der Waals surface area (Å²) in [4.78, 5) is 32.5. The van der Waals surface area contributed by atoms with Gasteiger partial charge in [-0.1, -0.05) is 26.0 Å². The Bertz CT molecular complexity index is 877. The van der Waals surface area contributed by atoms with Crippen LogP contribution in [0.4, 0.5) is 19.1 Å². The van der Waals surface area contributed by atoms with E-state index in [1.54, 1.807) is 19.0 Å². The summed E-state index contributed by atoms with van der Waals surface area (Å²) in [6.07, 6.45) is -4.77. The highest BCUT2D eigenvalue weighted by molar-refractivity contribution is 5.92. The molecule has 0 aliphatic heterocycles. The number of benzene rings is 1. The summed E-state index contributed by atoms with van der Waals surface area (Å²) < 4.78 is 40.7. The molecule has 0 fully saturated rings. The molecular formula is C18H21F3N4O3. The Morgan fingerprint density at radius 1 is 1.21 bits per heavy atom. The van der Waals surface area contributed by atoms with Gasteiger partial charge in [0.25, 0.3) is 11.5 Å². The van der Waals surface area contributed by atoms with Crippen molar-refractivity contribution in [2.45, 2.75) is 26.3 Å². The molecule has 1 aromatic heterocycles. The van der Waals surface area contributed by atoms with E-state index in [1.807, 2.05) is 13.8 Å². The first-order valence-corrected chi connectivity index (χ1v) is 8.41. The number of aromatic amines is 1. The second kappa shape index (κ2) is 8.32. The molecule has 7 nitrogen and oxygen atoms in total. The highest BCUT2D eigenvalue weighted by Crippen LogP contribution is 2.27. The maximum absolute atomic E-state index is 12.6. The minimum absolute atomic E-state index is 0.0601. The van der Waals surface area contributed by atoms with Gasteiger partial charge in [0.15, 0.2) is 0 Å². The molecule has 28 heavy (non-hydrogen) atoms.